The molecule has 0 saturated heterocycles. The molecule has 0 spiro atoms. The zero-order valence-corrected chi connectivity index (χ0v) is 13.5. The van der Waals surface area contributed by atoms with E-state index in [0.717, 1.165) is 16.9 Å². The maximum atomic E-state index is 12.0. The Hall–Kier alpha value is -1.85. The van der Waals surface area contributed by atoms with Crippen LogP contribution in [0.4, 0.5) is 0 Å². The SMILES string of the molecule is CCOc1ccc(CNS(=O)(=O)CCc2ccccc2)cc1. The molecule has 0 aliphatic rings. The van der Waals surface area contributed by atoms with Gasteiger partial charge in [0.15, 0.2) is 0 Å². The lowest BCUT2D eigenvalue weighted by Crippen LogP contribution is -2.26. The lowest BCUT2D eigenvalue weighted by molar-refractivity contribution is 0.340. The zero-order chi connectivity index (χ0) is 15.8. The van der Waals surface area contributed by atoms with Gasteiger partial charge in [-0.25, -0.2) is 13.1 Å². The summed E-state index contributed by atoms with van der Waals surface area (Å²) in [7, 11) is -3.28. The van der Waals surface area contributed by atoms with Gasteiger partial charge in [-0.05, 0) is 36.6 Å². The molecule has 0 bridgehead atoms. The van der Waals surface area contributed by atoms with Gasteiger partial charge in [0.05, 0.1) is 12.4 Å². The average molecular weight is 319 g/mol. The van der Waals surface area contributed by atoms with Crippen molar-refractivity contribution in [2.24, 2.45) is 0 Å². The third-order valence-corrected chi connectivity index (χ3v) is 4.56. The molecule has 0 aromatic heterocycles. The highest BCUT2D eigenvalue weighted by Crippen LogP contribution is 2.12. The van der Waals surface area contributed by atoms with E-state index in [1.54, 1.807) is 0 Å². The minimum atomic E-state index is -3.28. The molecular weight excluding hydrogens is 298 g/mol. The van der Waals surface area contributed by atoms with Gasteiger partial charge in [-0.15, -0.1) is 0 Å². The van der Waals surface area contributed by atoms with E-state index in [0.29, 0.717) is 19.6 Å². The normalized spacial score (nSPS) is 11.3. The van der Waals surface area contributed by atoms with Crippen molar-refractivity contribution in [1.82, 2.24) is 4.72 Å². The maximum absolute atomic E-state index is 12.0. The summed E-state index contributed by atoms with van der Waals surface area (Å²) >= 11 is 0. The Bertz CT molecular complexity index is 667. The molecule has 0 radical (unpaired) electrons. The predicted octanol–water partition coefficient (Wildman–Crippen LogP) is 2.75. The van der Waals surface area contributed by atoms with Crippen LogP contribution in [-0.2, 0) is 23.0 Å². The monoisotopic (exact) mass is 319 g/mol. The topological polar surface area (TPSA) is 55.4 Å². The molecule has 0 saturated carbocycles. The number of benzene rings is 2. The summed E-state index contributed by atoms with van der Waals surface area (Å²) < 4.78 is 32.0. The number of rotatable bonds is 8. The Morgan fingerprint density at radius 1 is 0.955 bits per heavy atom. The second-order valence-corrected chi connectivity index (χ2v) is 6.88. The highest BCUT2D eigenvalue weighted by Gasteiger charge is 2.10. The molecule has 0 aliphatic carbocycles. The third kappa shape index (κ3) is 5.50. The fraction of sp³-hybridized carbons (Fsp3) is 0.294. The fourth-order valence-corrected chi connectivity index (χ4v) is 3.07. The van der Waals surface area contributed by atoms with Gasteiger partial charge in [-0.1, -0.05) is 42.5 Å². The third-order valence-electron chi connectivity index (χ3n) is 3.23. The number of aryl methyl sites for hydroxylation is 1. The lowest BCUT2D eigenvalue weighted by Gasteiger charge is -2.08. The highest BCUT2D eigenvalue weighted by molar-refractivity contribution is 7.89. The van der Waals surface area contributed by atoms with Gasteiger partial charge < -0.3 is 4.74 Å². The smallest absolute Gasteiger partial charge is 0.212 e. The Morgan fingerprint density at radius 3 is 2.27 bits per heavy atom. The number of hydrogen-bond donors (Lipinski definition) is 1. The van der Waals surface area contributed by atoms with Crippen LogP contribution < -0.4 is 9.46 Å². The Morgan fingerprint density at radius 2 is 1.64 bits per heavy atom. The molecule has 5 heteroatoms. The van der Waals surface area contributed by atoms with Gasteiger partial charge in [-0.2, -0.15) is 0 Å². The molecule has 4 nitrogen and oxygen atoms in total. The van der Waals surface area contributed by atoms with Crippen molar-refractivity contribution >= 4 is 10.0 Å². The van der Waals surface area contributed by atoms with Crippen molar-refractivity contribution in [2.75, 3.05) is 12.4 Å². The summed E-state index contributed by atoms with van der Waals surface area (Å²) in [5, 5.41) is 0. The molecule has 0 aliphatic heterocycles. The van der Waals surface area contributed by atoms with Crippen LogP contribution in [0.2, 0.25) is 0 Å². The predicted molar refractivity (Wildman–Crippen MR) is 88.4 cm³/mol. The summed E-state index contributed by atoms with van der Waals surface area (Å²) in [5.41, 5.74) is 1.93. The van der Waals surface area contributed by atoms with E-state index in [9.17, 15) is 8.42 Å². The molecular formula is C17H21NO3S. The lowest BCUT2D eigenvalue weighted by atomic mass is 10.2. The fourth-order valence-electron chi connectivity index (χ4n) is 2.03. The van der Waals surface area contributed by atoms with Gasteiger partial charge in [0.2, 0.25) is 10.0 Å². The van der Waals surface area contributed by atoms with Gasteiger partial charge in [0.25, 0.3) is 0 Å². The average Bonchev–Trinajstić information content (AvgIpc) is 2.54. The minimum Gasteiger partial charge on any atom is -0.494 e. The van der Waals surface area contributed by atoms with Crippen LogP contribution in [0.15, 0.2) is 54.6 Å². The van der Waals surface area contributed by atoms with Gasteiger partial charge in [0, 0.05) is 6.54 Å². The maximum Gasteiger partial charge on any atom is 0.212 e. The Balaban J connectivity index is 1.84. The van der Waals surface area contributed by atoms with Crippen molar-refractivity contribution in [3.63, 3.8) is 0 Å². The summed E-state index contributed by atoms with van der Waals surface area (Å²) in [4.78, 5) is 0. The molecule has 2 aromatic carbocycles. The summed E-state index contributed by atoms with van der Waals surface area (Å²) in [6.45, 7) is 2.84. The molecule has 118 valence electrons. The van der Waals surface area contributed by atoms with E-state index in [1.807, 2.05) is 61.5 Å². The van der Waals surface area contributed by atoms with E-state index in [1.165, 1.54) is 0 Å². The summed E-state index contributed by atoms with van der Waals surface area (Å²) in [6.07, 6.45) is 0.513. The number of sulfonamides is 1. The first-order valence-electron chi connectivity index (χ1n) is 7.32. The largest absolute Gasteiger partial charge is 0.494 e. The molecule has 0 fully saturated rings. The first kappa shape index (κ1) is 16.5. The molecule has 0 unspecified atom stereocenters. The Kier molecular flexibility index (Phi) is 5.98. The molecule has 0 amide bonds. The van der Waals surface area contributed by atoms with E-state index in [2.05, 4.69) is 4.72 Å². The second-order valence-electron chi connectivity index (χ2n) is 4.95. The van der Waals surface area contributed by atoms with Crippen molar-refractivity contribution < 1.29 is 13.2 Å². The van der Waals surface area contributed by atoms with Crippen LogP contribution in [0.5, 0.6) is 5.75 Å². The van der Waals surface area contributed by atoms with E-state index in [4.69, 9.17) is 4.74 Å². The van der Waals surface area contributed by atoms with E-state index >= 15 is 0 Å². The first-order valence-corrected chi connectivity index (χ1v) is 8.97. The number of nitrogens with one attached hydrogen (secondary N) is 1. The first-order chi connectivity index (χ1) is 10.6. The Labute approximate surface area is 132 Å². The molecule has 22 heavy (non-hydrogen) atoms. The molecule has 0 atom stereocenters. The van der Waals surface area contributed by atoms with Gasteiger partial charge in [0.1, 0.15) is 5.75 Å². The van der Waals surface area contributed by atoms with Crippen LogP contribution >= 0.6 is 0 Å². The van der Waals surface area contributed by atoms with Crippen molar-refractivity contribution in [3.05, 3.63) is 65.7 Å². The van der Waals surface area contributed by atoms with Crippen LogP contribution in [0.1, 0.15) is 18.1 Å². The molecule has 2 rings (SSSR count). The van der Waals surface area contributed by atoms with Crippen LogP contribution in [0, 0.1) is 0 Å². The summed E-state index contributed by atoms with van der Waals surface area (Å²) in [6, 6.07) is 17.0. The van der Waals surface area contributed by atoms with Crippen LogP contribution in [0.25, 0.3) is 0 Å². The molecule has 2 aromatic rings. The zero-order valence-electron chi connectivity index (χ0n) is 12.7. The van der Waals surface area contributed by atoms with Gasteiger partial charge >= 0.3 is 0 Å². The number of ether oxygens (including phenoxy) is 1. The van der Waals surface area contributed by atoms with E-state index < -0.39 is 10.0 Å². The summed E-state index contributed by atoms with van der Waals surface area (Å²) in [5.74, 6) is 0.881. The standard InChI is InChI=1S/C17H21NO3S/c1-2-21-17-10-8-16(9-11-17)14-18-22(19,20)13-12-15-6-4-3-5-7-15/h3-11,18H,2,12-14H2,1H3. The number of hydrogen-bond acceptors (Lipinski definition) is 3. The minimum absolute atomic E-state index is 0.0913. The van der Waals surface area contributed by atoms with Gasteiger partial charge in [-0.3, -0.25) is 0 Å². The van der Waals surface area contributed by atoms with Crippen molar-refractivity contribution in [3.8, 4) is 5.75 Å². The van der Waals surface area contributed by atoms with Crippen molar-refractivity contribution in [1.29, 1.82) is 0 Å². The molecule has 1 N–H and O–H groups in total. The second kappa shape index (κ2) is 7.96. The molecule has 0 heterocycles. The van der Waals surface area contributed by atoms with Crippen LogP contribution in [-0.4, -0.2) is 20.8 Å². The highest BCUT2D eigenvalue weighted by atomic mass is 32.2. The quantitative estimate of drug-likeness (QED) is 0.814. The van der Waals surface area contributed by atoms with Crippen molar-refractivity contribution in [2.45, 2.75) is 19.9 Å². The van der Waals surface area contributed by atoms with Crippen LogP contribution in [0.3, 0.4) is 0 Å². The van der Waals surface area contributed by atoms with E-state index in [-0.39, 0.29) is 5.75 Å².